The Balaban J connectivity index is -0.0000000200. The van der Waals surface area contributed by atoms with Crippen LogP contribution in [0.4, 0.5) is 0 Å². The Hall–Kier alpha value is 1.21. The first-order valence-corrected chi connectivity index (χ1v) is 1.22. The second-order valence-electron chi connectivity index (χ2n) is 0.0833. The molecule has 5 heavy (non-hydrogen) atoms. The summed E-state index contributed by atoms with van der Waals surface area (Å²) < 4.78 is 16.8. The minimum absolute atomic E-state index is 0. The van der Waals surface area contributed by atoms with E-state index in [0.717, 1.165) is 0 Å². The summed E-state index contributed by atoms with van der Waals surface area (Å²) in [5.41, 5.74) is 0. The molecule has 0 fully saturated rings. The first kappa shape index (κ1) is 16.4. The molecule has 0 aromatic heterocycles. The normalized spacial score (nSPS) is 1.60. The molecule has 2 nitrogen and oxygen atoms in total. The van der Waals surface area contributed by atoms with Crippen molar-refractivity contribution in [1.29, 1.82) is 0 Å². The second kappa shape index (κ2) is 18.9. The molecule has 0 aromatic rings. The zero-order valence-corrected chi connectivity index (χ0v) is 6.65. The number of hydrogen-bond acceptors (Lipinski definition) is 2. The van der Waals surface area contributed by atoms with Crippen molar-refractivity contribution in [2.75, 3.05) is 0 Å². The van der Waals surface area contributed by atoms with Crippen LogP contribution in [0, 0.1) is 0 Å². The van der Waals surface area contributed by atoms with Crippen LogP contribution in [0.5, 0.6) is 0 Å². The maximum Gasteiger partial charge on any atom is 0.549 e. The van der Waals surface area contributed by atoms with Crippen LogP contribution in [0.1, 0.15) is 0 Å². The van der Waals surface area contributed by atoms with E-state index in [2.05, 4.69) is 0 Å². The Labute approximate surface area is 61.0 Å². The molecule has 0 unspecified atom stereocenters. The van der Waals surface area contributed by atoms with Crippen molar-refractivity contribution >= 4 is 9.29 Å². The third-order valence-corrected chi connectivity index (χ3v) is 0. The number of rotatable bonds is 0. The van der Waals surface area contributed by atoms with Crippen molar-refractivity contribution in [3.05, 3.63) is 0 Å². The molecule has 0 heterocycles. The second-order valence-corrected chi connectivity index (χ2v) is 0.250. The van der Waals surface area contributed by atoms with Crippen molar-refractivity contribution in [2.24, 2.45) is 0 Å². The molecule has 0 bridgehead atoms. The average molecular weight is 210 g/mol. The first-order chi connectivity index (χ1) is 1.41. The van der Waals surface area contributed by atoms with E-state index in [-0.39, 0.29) is 43.0 Å². The van der Waals surface area contributed by atoms with Gasteiger partial charge in [0.25, 0.3) is 0 Å². The van der Waals surface area contributed by atoms with E-state index in [1.807, 2.05) is 0 Å². The molecular formula is CoO2SiZr. The molecule has 0 amide bonds. The summed E-state index contributed by atoms with van der Waals surface area (Å²) in [5, 5.41) is 0. The molecule has 0 spiro atoms. The van der Waals surface area contributed by atoms with Crippen LogP contribution in [-0.2, 0) is 51.9 Å². The fourth-order valence-corrected chi connectivity index (χ4v) is 0. The first-order valence-electron chi connectivity index (χ1n) is 0.408. The van der Waals surface area contributed by atoms with E-state index in [9.17, 15) is 0 Å². The molecular weight excluding hydrogens is 210 g/mol. The fourth-order valence-electron chi connectivity index (χ4n) is 0. The predicted octanol–water partition coefficient (Wildman–Crippen LogP) is -0.623. The van der Waals surface area contributed by atoms with Crippen molar-refractivity contribution in [3.63, 3.8) is 0 Å². The molecule has 0 saturated heterocycles. The van der Waals surface area contributed by atoms with Gasteiger partial charge in [-0.3, -0.25) is 8.92 Å². The van der Waals surface area contributed by atoms with Crippen LogP contribution < -0.4 is 0 Å². The largest absolute Gasteiger partial charge is 0.549 e. The van der Waals surface area contributed by atoms with Crippen molar-refractivity contribution < 1.29 is 51.9 Å². The zero-order valence-electron chi connectivity index (χ0n) is 2.15. The minimum atomic E-state index is -1.42. The van der Waals surface area contributed by atoms with E-state index in [4.69, 9.17) is 8.92 Å². The van der Waals surface area contributed by atoms with Gasteiger partial charge in [-0.2, -0.15) is 0 Å². The number of hydrogen-bond donors (Lipinski definition) is 0. The van der Waals surface area contributed by atoms with Gasteiger partial charge in [-0.1, -0.05) is 0 Å². The SMILES string of the molecule is O=[Si]=O.[Co].[Zr]. The molecule has 0 aromatic carbocycles. The Morgan fingerprint density at radius 1 is 1.20 bits per heavy atom. The minimum Gasteiger partial charge on any atom is -0.274 e. The Kier molecular flexibility index (Phi) is 61.9. The van der Waals surface area contributed by atoms with Gasteiger partial charge >= 0.3 is 9.29 Å². The molecule has 1 radical (unpaired) electrons. The summed E-state index contributed by atoms with van der Waals surface area (Å²) in [6.07, 6.45) is 0. The van der Waals surface area contributed by atoms with Crippen LogP contribution in [0.2, 0.25) is 0 Å². The van der Waals surface area contributed by atoms with Crippen LogP contribution in [0.3, 0.4) is 0 Å². The summed E-state index contributed by atoms with van der Waals surface area (Å²) in [4.78, 5) is 0. The van der Waals surface area contributed by atoms with Gasteiger partial charge in [-0.15, -0.1) is 0 Å². The standard InChI is InChI=1S/Co.O2Si.Zr/c;1-3-2;. The quantitative estimate of drug-likeness (QED) is 0.499. The topological polar surface area (TPSA) is 34.1 Å². The van der Waals surface area contributed by atoms with Gasteiger partial charge in [-0.25, -0.2) is 0 Å². The van der Waals surface area contributed by atoms with Gasteiger partial charge in [0, 0.05) is 43.0 Å². The van der Waals surface area contributed by atoms with Crippen molar-refractivity contribution in [3.8, 4) is 0 Å². The van der Waals surface area contributed by atoms with Gasteiger partial charge in [0.15, 0.2) is 0 Å². The molecule has 29 valence electrons. The monoisotopic (exact) mass is 209 g/mol. The molecule has 0 atom stereocenters. The maximum atomic E-state index is 8.40. The smallest absolute Gasteiger partial charge is 0.274 e. The third kappa shape index (κ3) is 36.8. The molecule has 0 N–H and O–H groups in total. The van der Waals surface area contributed by atoms with Gasteiger partial charge in [-0.05, 0) is 0 Å². The van der Waals surface area contributed by atoms with Crippen LogP contribution in [0.15, 0.2) is 0 Å². The van der Waals surface area contributed by atoms with Gasteiger partial charge in [0.05, 0.1) is 0 Å². The van der Waals surface area contributed by atoms with Crippen molar-refractivity contribution in [2.45, 2.75) is 0 Å². The summed E-state index contributed by atoms with van der Waals surface area (Å²) >= 11 is 0. The van der Waals surface area contributed by atoms with E-state index in [0.29, 0.717) is 0 Å². The summed E-state index contributed by atoms with van der Waals surface area (Å²) in [5.74, 6) is 0. The summed E-state index contributed by atoms with van der Waals surface area (Å²) in [6, 6.07) is 0. The van der Waals surface area contributed by atoms with Crippen LogP contribution in [0.25, 0.3) is 0 Å². The van der Waals surface area contributed by atoms with Crippen LogP contribution >= 0.6 is 0 Å². The molecule has 0 rings (SSSR count). The third-order valence-electron chi connectivity index (χ3n) is 0. The molecule has 0 saturated carbocycles. The molecule has 0 aliphatic carbocycles. The molecule has 0 aliphatic heterocycles. The zero-order chi connectivity index (χ0) is 2.71. The average Bonchev–Trinajstić information content (AvgIpc) is 0.918. The Morgan fingerprint density at radius 2 is 1.20 bits per heavy atom. The summed E-state index contributed by atoms with van der Waals surface area (Å²) in [7, 11) is -1.42. The predicted molar refractivity (Wildman–Crippen MR) is 7.13 cm³/mol. The van der Waals surface area contributed by atoms with Gasteiger partial charge < -0.3 is 0 Å². The van der Waals surface area contributed by atoms with Gasteiger partial charge in [0.2, 0.25) is 0 Å². The van der Waals surface area contributed by atoms with E-state index in [1.54, 1.807) is 0 Å². The van der Waals surface area contributed by atoms with Crippen LogP contribution in [-0.4, -0.2) is 9.29 Å². The molecule has 5 heteroatoms. The molecule has 0 aliphatic rings. The fraction of sp³-hybridized carbons (Fsp3) is 0. The Morgan fingerprint density at radius 3 is 1.20 bits per heavy atom. The Bertz CT molecular complexity index is 30.6. The van der Waals surface area contributed by atoms with Crippen molar-refractivity contribution in [1.82, 2.24) is 0 Å². The van der Waals surface area contributed by atoms with E-state index in [1.165, 1.54) is 0 Å². The van der Waals surface area contributed by atoms with E-state index >= 15 is 0 Å². The summed E-state index contributed by atoms with van der Waals surface area (Å²) in [6.45, 7) is 0. The van der Waals surface area contributed by atoms with E-state index < -0.39 is 9.29 Å². The van der Waals surface area contributed by atoms with Gasteiger partial charge in [0.1, 0.15) is 0 Å². The maximum absolute atomic E-state index is 8.40.